The number of hydrogen-bond donors (Lipinski definition) is 0. The van der Waals surface area contributed by atoms with Crippen molar-refractivity contribution in [3.63, 3.8) is 0 Å². The van der Waals surface area contributed by atoms with E-state index in [0.717, 1.165) is 11.1 Å². The molecule has 0 bridgehead atoms. The smallest absolute Gasteiger partial charge is 0.270 e. The number of aryl methyl sites for hydroxylation is 2. The maximum absolute atomic E-state index is 13.4. The van der Waals surface area contributed by atoms with Crippen LogP contribution in [-0.4, -0.2) is 59.4 Å². The molecule has 0 N–H and O–H groups in total. The van der Waals surface area contributed by atoms with Gasteiger partial charge in [0.2, 0.25) is 5.91 Å². The molecule has 0 atom stereocenters. The van der Waals surface area contributed by atoms with Crippen molar-refractivity contribution in [2.75, 3.05) is 31.2 Å². The van der Waals surface area contributed by atoms with Gasteiger partial charge in [-0.2, -0.15) is 5.10 Å². The first-order valence-electron chi connectivity index (χ1n) is 10.7. The first kappa shape index (κ1) is 21.7. The molecule has 0 aliphatic carbocycles. The Labute approximate surface area is 186 Å². The number of hydrazone groups is 1. The number of piperazine rings is 1. The third-order valence-corrected chi connectivity index (χ3v) is 5.80. The van der Waals surface area contributed by atoms with Crippen molar-refractivity contribution in [2.24, 2.45) is 5.10 Å². The van der Waals surface area contributed by atoms with Crippen LogP contribution in [0.1, 0.15) is 34.3 Å². The summed E-state index contributed by atoms with van der Waals surface area (Å²) in [6.07, 6.45) is 0.511. The van der Waals surface area contributed by atoms with Gasteiger partial charge in [-0.15, -0.1) is 0 Å². The van der Waals surface area contributed by atoms with Crippen LogP contribution in [0.3, 0.4) is 0 Å². The number of anilines is 1. The molecule has 0 unspecified atom stereocenters. The summed E-state index contributed by atoms with van der Waals surface area (Å²) in [7, 11) is 0. The molecule has 7 nitrogen and oxygen atoms in total. The highest BCUT2D eigenvalue weighted by Gasteiger charge is 2.31. The zero-order valence-corrected chi connectivity index (χ0v) is 18.2. The quantitative estimate of drug-likeness (QED) is 0.743. The van der Waals surface area contributed by atoms with Gasteiger partial charge in [0.15, 0.2) is 0 Å². The van der Waals surface area contributed by atoms with Crippen LogP contribution in [0.15, 0.2) is 47.6 Å². The molecule has 2 aliphatic heterocycles. The van der Waals surface area contributed by atoms with Gasteiger partial charge < -0.3 is 9.80 Å². The summed E-state index contributed by atoms with van der Waals surface area (Å²) in [5.41, 5.74) is 3.24. The first-order chi connectivity index (χ1) is 15.3. The Balaban J connectivity index is 1.45. The zero-order chi connectivity index (χ0) is 22.8. The van der Waals surface area contributed by atoms with E-state index in [0.29, 0.717) is 49.6 Å². The maximum Gasteiger partial charge on any atom is 0.270 e. The summed E-state index contributed by atoms with van der Waals surface area (Å²) in [4.78, 5) is 41.5. The van der Waals surface area contributed by atoms with E-state index >= 15 is 0 Å². The average Bonchev–Trinajstić information content (AvgIpc) is 2.80. The summed E-state index contributed by atoms with van der Waals surface area (Å²) >= 11 is 0. The molecule has 166 valence electrons. The van der Waals surface area contributed by atoms with Crippen molar-refractivity contribution in [3.8, 4) is 0 Å². The van der Waals surface area contributed by atoms with Gasteiger partial charge in [-0.05, 0) is 49.2 Å². The Hall–Kier alpha value is -3.55. The summed E-state index contributed by atoms with van der Waals surface area (Å²) in [5, 5.41) is 5.74. The molecule has 0 spiro atoms. The lowest BCUT2D eigenvalue weighted by molar-refractivity contribution is -0.125. The van der Waals surface area contributed by atoms with E-state index in [9.17, 15) is 18.8 Å². The van der Waals surface area contributed by atoms with Gasteiger partial charge in [-0.1, -0.05) is 18.2 Å². The molecule has 4 rings (SSSR count). The molecule has 0 saturated carbocycles. The SMILES string of the molecule is Cc1ccc(C)c(N2N=C(C(=O)N3CCN(C(=O)c4cccc(F)c4)CC3)CCC2=O)c1. The number of nitrogens with zero attached hydrogens (tertiary/aromatic N) is 4. The Morgan fingerprint density at radius 1 is 0.906 bits per heavy atom. The topological polar surface area (TPSA) is 73.3 Å². The van der Waals surface area contributed by atoms with Crippen LogP contribution >= 0.6 is 0 Å². The Bertz CT molecular complexity index is 1110. The minimum absolute atomic E-state index is 0.138. The Morgan fingerprint density at radius 3 is 2.28 bits per heavy atom. The van der Waals surface area contributed by atoms with Gasteiger partial charge in [-0.25, -0.2) is 9.40 Å². The first-order valence-corrected chi connectivity index (χ1v) is 10.7. The highest BCUT2D eigenvalue weighted by atomic mass is 19.1. The largest absolute Gasteiger partial charge is 0.335 e. The lowest BCUT2D eigenvalue weighted by atomic mass is 10.1. The van der Waals surface area contributed by atoms with Crippen LogP contribution in [0, 0.1) is 19.7 Å². The molecule has 2 aliphatic rings. The van der Waals surface area contributed by atoms with E-state index in [2.05, 4.69) is 5.10 Å². The molecule has 0 radical (unpaired) electrons. The molecule has 8 heteroatoms. The fourth-order valence-electron chi connectivity index (χ4n) is 3.94. The minimum Gasteiger partial charge on any atom is -0.335 e. The zero-order valence-electron chi connectivity index (χ0n) is 18.2. The van der Waals surface area contributed by atoms with Crippen molar-refractivity contribution < 1.29 is 18.8 Å². The number of halogens is 1. The van der Waals surface area contributed by atoms with Gasteiger partial charge in [0, 0.05) is 44.6 Å². The van der Waals surface area contributed by atoms with Crippen molar-refractivity contribution in [3.05, 3.63) is 65.0 Å². The van der Waals surface area contributed by atoms with Gasteiger partial charge >= 0.3 is 0 Å². The number of hydrogen-bond acceptors (Lipinski definition) is 4. The van der Waals surface area contributed by atoms with Gasteiger partial charge in [0.25, 0.3) is 11.8 Å². The number of carbonyl (C=O) groups is 3. The summed E-state index contributed by atoms with van der Waals surface area (Å²) in [5.74, 6) is -1.06. The predicted molar refractivity (Wildman–Crippen MR) is 119 cm³/mol. The van der Waals surface area contributed by atoms with E-state index in [1.807, 2.05) is 32.0 Å². The van der Waals surface area contributed by atoms with Crippen LogP contribution in [0.4, 0.5) is 10.1 Å². The monoisotopic (exact) mass is 436 g/mol. The number of rotatable bonds is 3. The average molecular weight is 436 g/mol. The number of carbonyl (C=O) groups excluding carboxylic acids is 3. The van der Waals surface area contributed by atoms with Gasteiger partial charge in [0.05, 0.1) is 5.69 Å². The maximum atomic E-state index is 13.4. The predicted octanol–water partition coefficient (Wildman–Crippen LogP) is 2.91. The third kappa shape index (κ3) is 4.39. The molecule has 0 aromatic heterocycles. The fraction of sp³-hybridized carbons (Fsp3) is 0.333. The molecule has 2 aromatic carbocycles. The second-order valence-corrected chi connectivity index (χ2v) is 8.14. The Kier molecular flexibility index (Phi) is 6.03. The summed E-state index contributed by atoms with van der Waals surface area (Å²) in [6.45, 7) is 5.27. The highest BCUT2D eigenvalue weighted by molar-refractivity contribution is 6.40. The second kappa shape index (κ2) is 8.90. The summed E-state index contributed by atoms with van der Waals surface area (Å²) in [6, 6.07) is 11.4. The van der Waals surface area contributed by atoms with Crippen molar-refractivity contribution >= 4 is 29.1 Å². The van der Waals surface area contributed by atoms with Crippen molar-refractivity contribution in [1.29, 1.82) is 0 Å². The lowest BCUT2D eigenvalue weighted by Gasteiger charge is -2.35. The van der Waals surface area contributed by atoms with Crippen molar-refractivity contribution in [2.45, 2.75) is 26.7 Å². The van der Waals surface area contributed by atoms with Crippen LogP contribution in [0.25, 0.3) is 0 Å². The fourth-order valence-corrected chi connectivity index (χ4v) is 3.94. The molecule has 3 amide bonds. The number of amides is 3. The highest BCUT2D eigenvalue weighted by Crippen LogP contribution is 2.26. The molecule has 2 aromatic rings. The molecule has 2 heterocycles. The molecular weight excluding hydrogens is 411 g/mol. The third-order valence-electron chi connectivity index (χ3n) is 5.80. The minimum atomic E-state index is -0.456. The number of benzene rings is 2. The molecule has 1 fully saturated rings. The van der Waals surface area contributed by atoms with Gasteiger partial charge in [0.1, 0.15) is 11.5 Å². The van der Waals surface area contributed by atoms with E-state index in [-0.39, 0.29) is 24.1 Å². The molecule has 1 saturated heterocycles. The van der Waals surface area contributed by atoms with Crippen LogP contribution in [-0.2, 0) is 9.59 Å². The molecular formula is C24H25FN4O3. The standard InChI is InChI=1S/C24H25FN4O3/c1-16-6-7-17(2)21(14-16)29-22(30)9-8-20(26-29)24(32)28-12-10-27(11-13-28)23(31)18-4-3-5-19(25)15-18/h3-7,14-15H,8-13H2,1-2H3. The van der Waals surface area contributed by atoms with E-state index in [1.54, 1.807) is 15.9 Å². The summed E-state index contributed by atoms with van der Waals surface area (Å²) < 4.78 is 13.4. The van der Waals surface area contributed by atoms with Crippen molar-refractivity contribution in [1.82, 2.24) is 9.80 Å². The van der Waals surface area contributed by atoms with Gasteiger partial charge in [-0.3, -0.25) is 14.4 Å². The van der Waals surface area contributed by atoms with Crippen LogP contribution in [0.2, 0.25) is 0 Å². The normalized spacial score (nSPS) is 16.8. The lowest BCUT2D eigenvalue weighted by Crippen LogP contribution is -2.53. The van der Waals surface area contributed by atoms with E-state index < -0.39 is 5.82 Å². The van der Waals surface area contributed by atoms with E-state index in [4.69, 9.17) is 0 Å². The van der Waals surface area contributed by atoms with Crippen LogP contribution < -0.4 is 5.01 Å². The second-order valence-electron chi connectivity index (χ2n) is 8.14. The van der Waals surface area contributed by atoms with Crippen LogP contribution in [0.5, 0.6) is 0 Å². The van der Waals surface area contributed by atoms with E-state index in [1.165, 1.54) is 23.2 Å². The molecule has 32 heavy (non-hydrogen) atoms. The Morgan fingerprint density at radius 2 is 1.59 bits per heavy atom.